The van der Waals surface area contributed by atoms with Crippen molar-refractivity contribution in [1.82, 2.24) is 9.97 Å². The smallest absolute Gasteiger partial charge is 0.363 e. The fraction of sp³-hybridized carbons (Fsp3) is 0. The molecule has 3 aromatic rings. The molecular weight excluding hydrogens is 290 g/mol. The van der Waals surface area contributed by atoms with Gasteiger partial charge in [0.15, 0.2) is 5.70 Å². The first-order valence-corrected chi connectivity index (χ1v) is 7.09. The van der Waals surface area contributed by atoms with Crippen LogP contribution in [-0.4, -0.2) is 21.8 Å². The normalized spacial score (nSPS) is 15.7. The fourth-order valence-corrected chi connectivity index (χ4v) is 2.29. The van der Waals surface area contributed by atoms with Gasteiger partial charge in [0, 0.05) is 5.56 Å². The van der Waals surface area contributed by atoms with Gasteiger partial charge in [-0.1, -0.05) is 30.3 Å². The van der Waals surface area contributed by atoms with Crippen LogP contribution in [0.3, 0.4) is 0 Å². The molecule has 2 heterocycles. The van der Waals surface area contributed by atoms with Crippen molar-refractivity contribution in [3.63, 3.8) is 0 Å². The lowest BCUT2D eigenvalue weighted by Gasteiger charge is -1.97. The van der Waals surface area contributed by atoms with Crippen LogP contribution >= 0.6 is 0 Å². The average Bonchev–Trinajstić information content (AvgIpc) is 2.96. The predicted octanol–water partition coefficient (Wildman–Crippen LogP) is 2.97. The van der Waals surface area contributed by atoms with Gasteiger partial charge >= 0.3 is 5.97 Å². The number of ether oxygens (including phenoxy) is 1. The first-order chi connectivity index (χ1) is 11.3. The van der Waals surface area contributed by atoms with Crippen molar-refractivity contribution in [3.8, 4) is 0 Å². The van der Waals surface area contributed by atoms with Gasteiger partial charge in [0.2, 0.25) is 5.90 Å². The second kappa shape index (κ2) is 5.46. The molecule has 0 atom stereocenters. The van der Waals surface area contributed by atoms with Crippen molar-refractivity contribution in [2.45, 2.75) is 0 Å². The summed E-state index contributed by atoms with van der Waals surface area (Å²) in [6.07, 6.45) is 3.19. The number of hydrogen-bond acceptors (Lipinski definition) is 5. The van der Waals surface area contributed by atoms with Crippen molar-refractivity contribution in [2.75, 3.05) is 0 Å². The number of benzene rings is 2. The van der Waals surface area contributed by atoms with Crippen LogP contribution < -0.4 is 0 Å². The Morgan fingerprint density at radius 2 is 1.65 bits per heavy atom. The number of para-hydroxylation sites is 2. The van der Waals surface area contributed by atoms with Crippen molar-refractivity contribution >= 4 is 29.0 Å². The second-order valence-electron chi connectivity index (χ2n) is 4.99. The van der Waals surface area contributed by atoms with Crippen LogP contribution in [0.5, 0.6) is 0 Å². The molecule has 1 aliphatic heterocycles. The topological polar surface area (TPSA) is 64.4 Å². The number of carbonyl (C=O) groups is 1. The predicted molar refractivity (Wildman–Crippen MR) is 86.6 cm³/mol. The Morgan fingerprint density at radius 3 is 2.48 bits per heavy atom. The molecular formula is C18H11N3O2. The molecule has 2 aromatic carbocycles. The lowest BCUT2D eigenvalue weighted by molar-refractivity contribution is -0.129. The number of aliphatic imine (C=N–C) groups is 1. The molecule has 1 aliphatic rings. The Balaban J connectivity index is 1.72. The fourth-order valence-electron chi connectivity index (χ4n) is 2.29. The van der Waals surface area contributed by atoms with Crippen LogP contribution in [0.1, 0.15) is 11.3 Å². The molecule has 0 fully saturated rings. The quantitative estimate of drug-likeness (QED) is 0.539. The van der Waals surface area contributed by atoms with Gasteiger partial charge < -0.3 is 4.74 Å². The van der Waals surface area contributed by atoms with E-state index in [4.69, 9.17) is 4.74 Å². The largest absolute Gasteiger partial charge is 0.402 e. The Morgan fingerprint density at radius 1 is 0.913 bits per heavy atom. The van der Waals surface area contributed by atoms with Gasteiger partial charge in [-0.05, 0) is 30.3 Å². The highest BCUT2D eigenvalue weighted by Crippen LogP contribution is 2.19. The maximum absolute atomic E-state index is 12.0. The summed E-state index contributed by atoms with van der Waals surface area (Å²) < 4.78 is 5.21. The lowest BCUT2D eigenvalue weighted by atomic mass is 10.2. The third-order valence-corrected chi connectivity index (χ3v) is 3.39. The van der Waals surface area contributed by atoms with E-state index in [9.17, 15) is 4.79 Å². The van der Waals surface area contributed by atoms with Gasteiger partial charge in [0.05, 0.1) is 22.9 Å². The Bertz CT molecular complexity index is 962. The number of hydrogen-bond donors (Lipinski definition) is 0. The van der Waals surface area contributed by atoms with E-state index in [0.717, 1.165) is 16.6 Å². The van der Waals surface area contributed by atoms with Crippen LogP contribution in [-0.2, 0) is 9.53 Å². The zero-order valence-corrected chi connectivity index (χ0v) is 12.0. The maximum Gasteiger partial charge on any atom is 0.363 e. The molecule has 0 saturated heterocycles. The summed E-state index contributed by atoms with van der Waals surface area (Å²) >= 11 is 0. The van der Waals surface area contributed by atoms with Crippen LogP contribution in [0, 0.1) is 0 Å². The van der Waals surface area contributed by atoms with Crippen molar-refractivity contribution < 1.29 is 9.53 Å². The highest BCUT2D eigenvalue weighted by atomic mass is 16.6. The summed E-state index contributed by atoms with van der Waals surface area (Å²) in [5.41, 5.74) is 3.11. The van der Waals surface area contributed by atoms with Gasteiger partial charge in [-0.15, -0.1) is 0 Å². The summed E-state index contributed by atoms with van der Waals surface area (Å²) in [4.78, 5) is 25.0. The van der Waals surface area contributed by atoms with E-state index in [-0.39, 0.29) is 5.70 Å². The zero-order valence-electron chi connectivity index (χ0n) is 12.0. The molecule has 5 nitrogen and oxygen atoms in total. The minimum atomic E-state index is -0.487. The molecule has 0 radical (unpaired) electrons. The molecule has 0 saturated carbocycles. The summed E-state index contributed by atoms with van der Waals surface area (Å²) in [5.74, 6) is -0.186. The summed E-state index contributed by atoms with van der Waals surface area (Å²) in [6.45, 7) is 0. The Kier molecular flexibility index (Phi) is 3.16. The summed E-state index contributed by atoms with van der Waals surface area (Å²) in [7, 11) is 0. The van der Waals surface area contributed by atoms with Gasteiger partial charge in [-0.3, -0.25) is 4.98 Å². The number of carbonyl (C=O) groups excluding carboxylic acids is 1. The van der Waals surface area contributed by atoms with Crippen molar-refractivity contribution in [2.24, 2.45) is 4.99 Å². The monoisotopic (exact) mass is 301 g/mol. The Hall–Kier alpha value is -3.34. The summed E-state index contributed by atoms with van der Waals surface area (Å²) in [5, 5.41) is 0. The van der Waals surface area contributed by atoms with Gasteiger partial charge in [0.1, 0.15) is 0 Å². The molecule has 0 unspecified atom stereocenters. The third kappa shape index (κ3) is 2.60. The van der Waals surface area contributed by atoms with Gasteiger partial charge in [0.25, 0.3) is 0 Å². The molecule has 23 heavy (non-hydrogen) atoms. The number of fused-ring (bicyclic) bond motifs is 1. The minimum Gasteiger partial charge on any atom is -0.402 e. The number of nitrogens with zero attached hydrogens (tertiary/aromatic N) is 3. The molecule has 0 amide bonds. The van der Waals surface area contributed by atoms with Crippen LogP contribution in [0.25, 0.3) is 17.1 Å². The highest BCUT2D eigenvalue weighted by Gasteiger charge is 2.24. The SMILES string of the molecule is O=C1OC(c2ccccc2)=N/C1=C\c1cnc2ccccc2n1. The van der Waals surface area contributed by atoms with E-state index in [1.54, 1.807) is 12.3 Å². The molecule has 0 N–H and O–H groups in total. The van der Waals surface area contributed by atoms with E-state index in [0.29, 0.717) is 11.6 Å². The number of esters is 1. The summed E-state index contributed by atoms with van der Waals surface area (Å²) in [6, 6.07) is 16.8. The molecule has 110 valence electrons. The average molecular weight is 301 g/mol. The van der Waals surface area contributed by atoms with Gasteiger partial charge in [-0.2, -0.15) is 0 Å². The molecule has 0 spiro atoms. The first-order valence-electron chi connectivity index (χ1n) is 7.09. The van der Waals surface area contributed by atoms with Crippen LogP contribution in [0.15, 0.2) is 71.5 Å². The van der Waals surface area contributed by atoms with E-state index < -0.39 is 5.97 Å². The second-order valence-corrected chi connectivity index (χ2v) is 4.99. The molecule has 0 aliphatic carbocycles. The first kappa shape index (κ1) is 13.3. The van der Waals surface area contributed by atoms with E-state index in [2.05, 4.69) is 15.0 Å². The third-order valence-electron chi connectivity index (χ3n) is 3.39. The maximum atomic E-state index is 12.0. The van der Waals surface area contributed by atoms with Crippen LogP contribution in [0.2, 0.25) is 0 Å². The number of cyclic esters (lactones) is 1. The highest BCUT2D eigenvalue weighted by molar-refractivity contribution is 6.12. The lowest BCUT2D eigenvalue weighted by Crippen LogP contribution is -2.05. The molecule has 5 heteroatoms. The number of rotatable bonds is 2. The van der Waals surface area contributed by atoms with Crippen molar-refractivity contribution in [1.29, 1.82) is 0 Å². The standard InChI is InChI=1S/C18H11N3O2/c22-18-16(21-17(23-18)12-6-2-1-3-7-12)10-13-11-19-14-8-4-5-9-15(14)20-13/h1-11H/b16-10-. The van der Waals surface area contributed by atoms with Gasteiger partial charge in [-0.25, -0.2) is 14.8 Å². The minimum absolute atomic E-state index is 0.216. The number of aromatic nitrogens is 2. The van der Waals surface area contributed by atoms with E-state index in [1.165, 1.54) is 0 Å². The zero-order chi connectivity index (χ0) is 15.6. The molecule has 0 bridgehead atoms. The van der Waals surface area contributed by atoms with E-state index in [1.807, 2.05) is 54.6 Å². The van der Waals surface area contributed by atoms with Crippen molar-refractivity contribution in [3.05, 3.63) is 77.7 Å². The Labute approximate surface area is 132 Å². The molecule has 4 rings (SSSR count). The molecule has 1 aromatic heterocycles. The van der Waals surface area contributed by atoms with Crippen LogP contribution in [0.4, 0.5) is 0 Å². The van der Waals surface area contributed by atoms with E-state index >= 15 is 0 Å².